The van der Waals surface area contributed by atoms with E-state index in [-0.39, 0.29) is 12.0 Å². The minimum absolute atomic E-state index is 0.188. The average Bonchev–Trinajstić information content (AvgIpc) is 2.39. The Morgan fingerprint density at radius 3 is 2.44 bits per heavy atom. The average molecular weight is 246 g/mol. The van der Waals surface area contributed by atoms with Crippen LogP contribution < -0.4 is 20.9 Å². The summed E-state index contributed by atoms with van der Waals surface area (Å²) in [6.45, 7) is 0. The monoisotopic (exact) mass is 246 g/mol. The van der Waals surface area contributed by atoms with Crippen LogP contribution in [0.5, 0.6) is 11.8 Å². The van der Waals surface area contributed by atoms with Gasteiger partial charge in [0.05, 0.1) is 0 Å². The number of para-hydroxylation sites is 1. The Morgan fingerprint density at radius 2 is 1.83 bits per heavy atom. The first kappa shape index (κ1) is 12.1. The van der Waals surface area contributed by atoms with E-state index in [0.29, 0.717) is 11.7 Å². The summed E-state index contributed by atoms with van der Waals surface area (Å²) >= 11 is 0. The lowest BCUT2D eigenvalue weighted by atomic mass is 10.3. The van der Waals surface area contributed by atoms with Gasteiger partial charge in [0.2, 0.25) is 11.9 Å². The molecule has 0 aliphatic rings. The van der Waals surface area contributed by atoms with Crippen molar-refractivity contribution < 1.29 is 4.74 Å². The molecule has 1 aromatic carbocycles. The number of nitrogen functional groups attached to an aromatic ring is 1. The first-order chi connectivity index (χ1) is 8.69. The summed E-state index contributed by atoms with van der Waals surface area (Å²) in [7, 11) is 3.64. The van der Waals surface area contributed by atoms with Gasteiger partial charge in [0.25, 0.3) is 0 Å². The molecule has 2 rings (SSSR count). The summed E-state index contributed by atoms with van der Waals surface area (Å²) in [6.07, 6.45) is 0. The van der Waals surface area contributed by atoms with E-state index < -0.39 is 0 Å². The highest BCUT2D eigenvalue weighted by Gasteiger charge is 2.08. The number of hydrogen-bond donors (Lipinski definition) is 2. The van der Waals surface area contributed by atoms with E-state index in [0.717, 1.165) is 0 Å². The number of rotatable bonds is 4. The van der Waals surface area contributed by atoms with E-state index in [1.165, 1.54) is 0 Å². The number of nitrogens with one attached hydrogen (secondary N) is 1. The number of hydrazine groups is 1. The van der Waals surface area contributed by atoms with Gasteiger partial charge in [0.15, 0.2) is 0 Å². The second-order valence-corrected chi connectivity index (χ2v) is 3.70. The number of aromatic nitrogens is 3. The number of ether oxygens (including phenoxy) is 1. The van der Waals surface area contributed by atoms with Gasteiger partial charge < -0.3 is 9.64 Å². The summed E-state index contributed by atoms with van der Waals surface area (Å²) in [5.74, 6) is 6.67. The zero-order chi connectivity index (χ0) is 13.0. The van der Waals surface area contributed by atoms with E-state index in [2.05, 4.69) is 20.4 Å². The molecule has 7 heteroatoms. The zero-order valence-electron chi connectivity index (χ0n) is 10.2. The van der Waals surface area contributed by atoms with Crippen molar-refractivity contribution in [2.75, 3.05) is 24.4 Å². The van der Waals surface area contributed by atoms with E-state index in [1.807, 2.05) is 44.4 Å². The molecule has 94 valence electrons. The summed E-state index contributed by atoms with van der Waals surface area (Å²) in [6, 6.07) is 9.45. The third kappa shape index (κ3) is 2.83. The van der Waals surface area contributed by atoms with Gasteiger partial charge in [0.1, 0.15) is 5.75 Å². The van der Waals surface area contributed by atoms with E-state index in [4.69, 9.17) is 10.6 Å². The van der Waals surface area contributed by atoms with Crippen LogP contribution in [0.4, 0.5) is 11.9 Å². The Hall–Kier alpha value is -2.41. The maximum atomic E-state index is 5.53. The predicted molar refractivity (Wildman–Crippen MR) is 68.5 cm³/mol. The number of hydrogen-bond acceptors (Lipinski definition) is 7. The molecule has 0 radical (unpaired) electrons. The van der Waals surface area contributed by atoms with E-state index >= 15 is 0 Å². The Labute approximate surface area is 105 Å². The lowest BCUT2D eigenvalue weighted by Gasteiger charge is -2.12. The minimum atomic E-state index is 0.188. The fourth-order valence-corrected chi connectivity index (χ4v) is 1.25. The molecule has 0 unspecified atom stereocenters. The fraction of sp³-hybridized carbons (Fsp3) is 0.182. The van der Waals surface area contributed by atoms with Gasteiger partial charge in [-0.2, -0.15) is 15.0 Å². The Balaban J connectivity index is 2.30. The third-order valence-electron chi connectivity index (χ3n) is 2.08. The molecule has 0 saturated heterocycles. The largest absolute Gasteiger partial charge is 0.424 e. The molecule has 3 N–H and O–H groups in total. The molecule has 1 aromatic heterocycles. The van der Waals surface area contributed by atoms with Crippen molar-refractivity contribution in [3.05, 3.63) is 30.3 Å². The maximum absolute atomic E-state index is 5.53. The molecule has 0 aliphatic carbocycles. The van der Waals surface area contributed by atoms with Gasteiger partial charge in [-0.25, -0.2) is 5.84 Å². The quantitative estimate of drug-likeness (QED) is 0.614. The SMILES string of the molecule is CN(C)c1nc(NN)nc(Oc2ccccc2)n1. The van der Waals surface area contributed by atoms with E-state index in [9.17, 15) is 0 Å². The molecule has 0 saturated carbocycles. The Kier molecular flexibility index (Phi) is 3.54. The smallest absolute Gasteiger partial charge is 0.328 e. The summed E-state index contributed by atoms with van der Waals surface area (Å²) in [5, 5.41) is 0. The maximum Gasteiger partial charge on any atom is 0.328 e. The molecule has 0 bridgehead atoms. The molecule has 0 amide bonds. The Bertz CT molecular complexity index is 516. The van der Waals surface area contributed by atoms with Crippen molar-refractivity contribution in [1.29, 1.82) is 0 Å². The van der Waals surface area contributed by atoms with Crippen molar-refractivity contribution in [2.45, 2.75) is 0 Å². The Morgan fingerprint density at radius 1 is 1.11 bits per heavy atom. The highest BCUT2D eigenvalue weighted by molar-refractivity contribution is 5.37. The molecule has 0 fully saturated rings. The van der Waals surface area contributed by atoms with Crippen molar-refractivity contribution in [3.8, 4) is 11.8 Å². The summed E-state index contributed by atoms with van der Waals surface area (Å²) in [4.78, 5) is 14.0. The molecule has 0 spiro atoms. The zero-order valence-corrected chi connectivity index (χ0v) is 10.2. The van der Waals surface area contributed by atoms with Gasteiger partial charge in [-0.05, 0) is 12.1 Å². The fourth-order valence-electron chi connectivity index (χ4n) is 1.25. The van der Waals surface area contributed by atoms with Crippen molar-refractivity contribution >= 4 is 11.9 Å². The first-order valence-corrected chi connectivity index (χ1v) is 5.32. The minimum Gasteiger partial charge on any atom is -0.424 e. The third-order valence-corrected chi connectivity index (χ3v) is 2.08. The molecule has 0 aliphatic heterocycles. The number of anilines is 2. The van der Waals surface area contributed by atoms with Gasteiger partial charge >= 0.3 is 6.01 Å². The molecular weight excluding hydrogens is 232 g/mol. The summed E-state index contributed by atoms with van der Waals surface area (Å²) in [5.41, 5.74) is 2.38. The van der Waals surface area contributed by atoms with Gasteiger partial charge in [-0.3, -0.25) is 5.43 Å². The van der Waals surface area contributed by atoms with Crippen LogP contribution in [0.15, 0.2) is 30.3 Å². The molecule has 1 heterocycles. The molecular formula is C11H14N6O. The highest BCUT2D eigenvalue weighted by atomic mass is 16.5. The van der Waals surface area contributed by atoms with Crippen LogP contribution in [0.2, 0.25) is 0 Å². The normalized spacial score (nSPS) is 9.94. The van der Waals surface area contributed by atoms with Crippen LogP contribution in [-0.2, 0) is 0 Å². The number of benzene rings is 1. The van der Waals surface area contributed by atoms with Crippen molar-refractivity contribution in [3.63, 3.8) is 0 Å². The van der Waals surface area contributed by atoms with Crippen LogP contribution in [0, 0.1) is 0 Å². The van der Waals surface area contributed by atoms with E-state index in [1.54, 1.807) is 4.90 Å². The number of nitrogens with zero attached hydrogens (tertiary/aromatic N) is 4. The first-order valence-electron chi connectivity index (χ1n) is 5.32. The van der Waals surface area contributed by atoms with Crippen LogP contribution in [0.1, 0.15) is 0 Å². The van der Waals surface area contributed by atoms with Gasteiger partial charge in [0, 0.05) is 14.1 Å². The van der Waals surface area contributed by atoms with Crippen molar-refractivity contribution in [2.24, 2.45) is 5.84 Å². The highest BCUT2D eigenvalue weighted by Crippen LogP contribution is 2.19. The molecule has 7 nitrogen and oxygen atoms in total. The standard InChI is InChI=1S/C11H14N6O/c1-17(2)10-13-9(16-12)14-11(15-10)18-8-6-4-3-5-7-8/h3-7H,12H2,1-2H3,(H,13,14,15,16). The molecule has 18 heavy (non-hydrogen) atoms. The van der Waals surface area contributed by atoms with Crippen LogP contribution in [0.3, 0.4) is 0 Å². The topological polar surface area (TPSA) is 89.2 Å². The second kappa shape index (κ2) is 5.28. The predicted octanol–water partition coefficient (Wildman–Crippen LogP) is 1.02. The lowest BCUT2D eigenvalue weighted by Crippen LogP contribution is -2.17. The molecule has 0 atom stereocenters. The van der Waals surface area contributed by atoms with Crippen molar-refractivity contribution in [1.82, 2.24) is 15.0 Å². The second-order valence-electron chi connectivity index (χ2n) is 3.70. The van der Waals surface area contributed by atoms with Gasteiger partial charge in [-0.1, -0.05) is 18.2 Å². The lowest BCUT2D eigenvalue weighted by molar-refractivity contribution is 0.440. The molecule has 2 aromatic rings. The van der Waals surface area contributed by atoms with Crippen LogP contribution in [-0.4, -0.2) is 29.0 Å². The number of nitrogens with two attached hydrogens (primary N) is 1. The van der Waals surface area contributed by atoms with Crippen LogP contribution in [0.25, 0.3) is 0 Å². The van der Waals surface area contributed by atoms with Crippen LogP contribution >= 0.6 is 0 Å². The van der Waals surface area contributed by atoms with Gasteiger partial charge in [-0.15, -0.1) is 0 Å². The summed E-state index contributed by atoms with van der Waals surface area (Å²) < 4.78 is 5.53.